The third kappa shape index (κ3) is 3.21. The molecule has 19 heavy (non-hydrogen) atoms. The number of benzene rings is 1. The van der Waals surface area contributed by atoms with Gasteiger partial charge >= 0.3 is 6.18 Å². The van der Waals surface area contributed by atoms with Crippen molar-refractivity contribution < 1.29 is 18.3 Å². The van der Waals surface area contributed by atoms with Crippen LogP contribution in [0.5, 0.6) is 0 Å². The topological polar surface area (TPSA) is 23.5 Å². The molecule has 1 saturated heterocycles. The molecule has 0 aliphatic carbocycles. The maximum absolute atomic E-state index is 12.9. The summed E-state index contributed by atoms with van der Waals surface area (Å²) in [5.41, 5.74) is -0.205. The number of hydrogen-bond donors (Lipinski definition) is 1. The Morgan fingerprint density at radius 1 is 1.37 bits per heavy atom. The molecule has 1 unspecified atom stereocenters. The Morgan fingerprint density at radius 3 is 2.68 bits per heavy atom. The monoisotopic (exact) mass is 273 g/mol. The molecule has 2 nitrogen and oxygen atoms in total. The highest BCUT2D eigenvalue weighted by Crippen LogP contribution is 2.35. The Morgan fingerprint density at radius 2 is 2.11 bits per heavy atom. The molecule has 0 amide bonds. The average Bonchev–Trinajstić information content (AvgIpc) is 2.37. The van der Waals surface area contributed by atoms with Gasteiger partial charge in [0.05, 0.1) is 12.2 Å². The van der Waals surface area contributed by atoms with Crippen LogP contribution in [0.15, 0.2) is 18.2 Å². The molecule has 1 fully saturated rings. The molecule has 0 saturated carbocycles. The first-order valence-corrected chi connectivity index (χ1v) is 6.47. The van der Waals surface area contributed by atoms with Crippen molar-refractivity contribution in [2.24, 2.45) is 5.92 Å². The molecule has 1 N–H and O–H groups in total. The fourth-order valence-electron chi connectivity index (χ4n) is 2.59. The van der Waals surface area contributed by atoms with Crippen LogP contribution in [-0.4, -0.2) is 18.2 Å². The van der Waals surface area contributed by atoms with E-state index >= 15 is 0 Å². The zero-order valence-corrected chi connectivity index (χ0v) is 10.9. The third-order valence-corrected chi connectivity index (χ3v) is 3.59. The van der Waals surface area contributed by atoms with Gasteiger partial charge in [0.2, 0.25) is 0 Å². The van der Waals surface area contributed by atoms with Crippen molar-refractivity contribution in [1.82, 2.24) is 0 Å². The van der Waals surface area contributed by atoms with Gasteiger partial charge in [-0.05, 0) is 36.5 Å². The Bertz CT molecular complexity index is 445. The van der Waals surface area contributed by atoms with E-state index in [0.29, 0.717) is 11.6 Å². The minimum Gasteiger partial charge on any atom is -0.392 e. The number of anilines is 1. The first kappa shape index (κ1) is 14.2. The fourth-order valence-corrected chi connectivity index (χ4v) is 2.59. The van der Waals surface area contributed by atoms with E-state index < -0.39 is 18.3 Å². The maximum Gasteiger partial charge on any atom is 0.416 e. The third-order valence-electron chi connectivity index (χ3n) is 3.59. The number of rotatable bonds is 2. The minimum absolute atomic E-state index is 0.0682. The van der Waals surface area contributed by atoms with Crippen LogP contribution in [0.2, 0.25) is 0 Å². The predicted molar refractivity (Wildman–Crippen MR) is 68.0 cm³/mol. The molecule has 0 aromatic heterocycles. The minimum atomic E-state index is -4.42. The van der Waals surface area contributed by atoms with Gasteiger partial charge in [-0.1, -0.05) is 13.0 Å². The molecule has 5 heteroatoms. The number of alkyl halides is 3. The normalized spacial score (nSPS) is 20.7. The molecule has 2 rings (SSSR count). The maximum atomic E-state index is 12.9. The summed E-state index contributed by atoms with van der Waals surface area (Å²) >= 11 is 0. The lowest BCUT2D eigenvalue weighted by Gasteiger charge is -2.33. The van der Waals surface area contributed by atoms with Crippen molar-refractivity contribution in [2.45, 2.75) is 32.5 Å². The second-order valence-electron chi connectivity index (χ2n) is 5.19. The van der Waals surface area contributed by atoms with Gasteiger partial charge in [-0.3, -0.25) is 0 Å². The van der Waals surface area contributed by atoms with E-state index in [1.165, 1.54) is 6.07 Å². The molecule has 0 bridgehead atoms. The Labute approximate surface area is 110 Å². The molecule has 1 aromatic rings. The largest absolute Gasteiger partial charge is 0.416 e. The van der Waals surface area contributed by atoms with Crippen LogP contribution in [0, 0.1) is 5.92 Å². The molecular weight excluding hydrogens is 255 g/mol. The summed E-state index contributed by atoms with van der Waals surface area (Å²) in [5.74, 6) is 0.501. The zero-order chi connectivity index (χ0) is 14.0. The summed E-state index contributed by atoms with van der Waals surface area (Å²) in [6.45, 7) is 3.10. The summed E-state index contributed by atoms with van der Waals surface area (Å²) in [6, 6.07) is 4.19. The number of piperidine rings is 1. The van der Waals surface area contributed by atoms with Crippen LogP contribution in [0.3, 0.4) is 0 Å². The summed E-state index contributed by atoms with van der Waals surface area (Å²) in [7, 11) is 0. The van der Waals surface area contributed by atoms with Gasteiger partial charge in [-0.15, -0.1) is 0 Å². The van der Waals surface area contributed by atoms with Crippen molar-refractivity contribution in [3.8, 4) is 0 Å². The Hall–Kier alpha value is -1.23. The van der Waals surface area contributed by atoms with Crippen LogP contribution in [0.4, 0.5) is 18.9 Å². The van der Waals surface area contributed by atoms with Gasteiger partial charge in [-0.2, -0.15) is 13.2 Å². The highest BCUT2D eigenvalue weighted by molar-refractivity contribution is 5.52. The number of halogens is 3. The standard InChI is InChI=1S/C14H18F3NO/c1-10-3-2-6-18(8-10)12-5-4-11(9-19)13(7-12)14(15,16)17/h4-5,7,10,19H,2-3,6,8-9H2,1H3. The number of aliphatic hydroxyl groups is 1. The van der Waals surface area contributed by atoms with Gasteiger partial charge in [0.15, 0.2) is 0 Å². The van der Waals surface area contributed by atoms with E-state index in [4.69, 9.17) is 5.11 Å². The smallest absolute Gasteiger partial charge is 0.392 e. The predicted octanol–water partition coefficient (Wildman–Crippen LogP) is 3.43. The Balaban J connectivity index is 2.32. The highest BCUT2D eigenvalue weighted by atomic mass is 19.4. The second-order valence-corrected chi connectivity index (χ2v) is 5.19. The zero-order valence-electron chi connectivity index (χ0n) is 10.9. The van der Waals surface area contributed by atoms with E-state index in [-0.39, 0.29) is 5.56 Å². The van der Waals surface area contributed by atoms with Gasteiger partial charge in [0, 0.05) is 18.8 Å². The number of hydrogen-bond acceptors (Lipinski definition) is 2. The summed E-state index contributed by atoms with van der Waals surface area (Å²) in [5, 5.41) is 9.01. The van der Waals surface area contributed by atoms with Crippen molar-refractivity contribution in [2.75, 3.05) is 18.0 Å². The quantitative estimate of drug-likeness (QED) is 0.892. The van der Waals surface area contributed by atoms with Crippen LogP contribution < -0.4 is 4.90 Å². The number of nitrogens with zero attached hydrogens (tertiary/aromatic N) is 1. The first-order valence-electron chi connectivity index (χ1n) is 6.47. The molecule has 1 atom stereocenters. The Kier molecular flexibility index (Phi) is 4.04. The van der Waals surface area contributed by atoms with Gasteiger partial charge in [0.1, 0.15) is 0 Å². The first-order chi connectivity index (χ1) is 8.91. The average molecular weight is 273 g/mol. The van der Waals surface area contributed by atoms with Crippen LogP contribution in [-0.2, 0) is 12.8 Å². The molecular formula is C14H18F3NO. The molecule has 1 heterocycles. The van der Waals surface area contributed by atoms with Gasteiger partial charge in [0.25, 0.3) is 0 Å². The van der Waals surface area contributed by atoms with E-state index in [0.717, 1.165) is 32.0 Å². The van der Waals surface area contributed by atoms with Gasteiger partial charge in [-0.25, -0.2) is 0 Å². The van der Waals surface area contributed by atoms with E-state index in [1.807, 2.05) is 4.90 Å². The van der Waals surface area contributed by atoms with E-state index in [2.05, 4.69) is 6.92 Å². The van der Waals surface area contributed by atoms with Gasteiger partial charge < -0.3 is 10.0 Å². The molecule has 0 radical (unpaired) electrons. The van der Waals surface area contributed by atoms with E-state index in [1.54, 1.807) is 6.07 Å². The second kappa shape index (κ2) is 5.41. The molecule has 1 aliphatic heterocycles. The summed E-state index contributed by atoms with van der Waals surface area (Å²) in [4.78, 5) is 1.99. The number of aliphatic hydroxyl groups excluding tert-OH is 1. The van der Waals surface area contributed by atoms with E-state index in [9.17, 15) is 13.2 Å². The van der Waals surface area contributed by atoms with Crippen LogP contribution >= 0.6 is 0 Å². The van der Waals surface area contributed by atoms with Crippen LogP contribution in [0.25, 0.3) is 0 Å². The van der Waals surface area contributed by atoms with Crippen molar-refractivity contribution in [3.05, 3.63) is 29.3 Å². The summed E-state index contributed by atoms with van der Waals surface area (Å²) in [6.07, 6.45) is -2.29. The SMILES string of the molecule is CC1CCCN(c2ccc(CO)c(C(F)(F)F)c2)C1. The lowest BCUT2D eigenvalue weighted by molar-refractivity contribution is -0.138. The summed E-state index contributed by atoms with van der Waals surface area (Å²) < 4.78 is 38.8. The highest BCUT2D eigenvalue weighted by Gasteiger charge is 2.34. The van der Waals surface area contributed by atoms with Crippen LogP contribution in [0.1, 0.15) is 30.9 Å². The molecule has 106 valence electrons. The fraction of sp³-hybridized carbons (Fsp3) is 0.571. The lowest BCUT2D eigenvalue weighted by atomic mass is 9.98. The molecule has 0 spiro atoms. The molecule has 1 aliphatic rings. The van der Waals surface area contributed by atoms with Crippen molar-refractivity contribution in [1.29, 1.82) is 0 Å². The lowest BCUT2D eigenvalue weighted by Crippen LogP contribution is -2.34. The van der Waals surface area contributed by atoms with Crippen molar-refractivity contribution >= 4 is 5.69 Å². The molecule has 1 aromatic carbocycles. The van der Waals surface area contributed by atoms with Crippen molar-refractivity contribution in [3.63, 3.8) is 0 Å².